The molecule has 0 aliphatic carbocycles. The minimum absolute atomic E-state index is 0.00484. The first-order valence-electron chi connectivity index (χ1n) is 43.6. The summed E-state index contributed by atoms with van der Waals surface area (Å²) in [7, 11) is 0. The van der Waals surface area contributed by atoms with Crippen molar-refractivity contribution in [3.8, 4) is 23.0 Å². The maximum Gasteiger partial charge on any atom is 0.303 e. The lowest BCUT2D eigenvalue weighted by Gasteiger charge is -2.32. The van der Waals surface area contributed by atoms with Crippen molar-refractivity contribution in [3.63, 3.8) is 0 Å². The number of para-hydroxylation sites is 1. The Balaban J connectivity index is 1.07. The molecule has 3 saturated heterocycles. The van der Waals surface area contributed by atoms with Crippen molar-refractivity contribution >= 4 is 140 Å². The highest BCUT2D eigenvalue weighted by Crippen LogP contribution is 2.27. The van der Waals surface area contributed by atoms with E-state index in [1.165, 1.54) is 107 Å². The molecule has 132 heavy (non-hydrogen) atoms. The number of carboxylic acids is 1. The number of hydrogen-bond acceptors (Lipinski definition) is 23. The Labute approximate surface area is 779 Å². The van der Waals surface area contributed by atoms with Crippen molar-refractivity contribution < 1.29 is 103 Å². The average molecular weight is 1960 g/mol. The van der Waals surface area contributed by atoms with Crippen LogP contribution in [0.1, 0.15) is 126 Å². The summed E-state index contributed by atoms with van der Waals surface area (Å²) in [6.45, 7) is 5.98. The predicted molar refractivity (Wildman–Crippen MR) is 494 cm³/mol. The normalized spacial score (nSPS) is 24.3. The molecule has 0 spiro atoms. The number of carbonyl (C=O) groups is 15. The number of nitrogens with zero attached hydrogens (tertiary/aromatic N) is 2. The summed E-state index contributed by atoms with van der Waals surface area (Å²) < 4.78 is -0.791. The van der Waals surface area contributed by atoms with E-state index < -0.39 is 203 Å². The number of carbonyl (C=O) groups excluding carboxylic acids is 14. The number of aromatic nitrogens is 1. The number of aliphatic hydroxyl groups is 1. The van der Waals surface area contributed by atoms with E-state index >= 15 is 24.0 Å². The smallest absolute Gasteiger partial charge is 0.303 e. The van der Waals surface area contributed by atoms with Crippen LogP contribution in [0.4, 0.5) is 0 Å². The van der Waals surface area contributed by atoms with Crippen molar-refractivity contribution in [1.29, 1.82) is 5.41 Å². The zero-order valence-electron chi connectivity index (χ0n) is 73.6. The van der Waals surface area contributed by atoms with Crippen molar-refractivity contribution in [2.24, 2.45) is 23.3 Å². The van der Waals surface area contributed by atoms with Gasteiger partial charge in [0.05, 0.1) is 34.9 Å². The van der Waals surface area contributed by atoms with Crippen LogP contribution in [-0.4, -0.2) is 261 Å². The van der Waals surface area contributed by atoms with E-state index in [4.69, 9.17) is 16.9 Å². The Bertz CT molecular complexity index is 5050. The lowest BCUT2D eigenvalue weighted by Crippen LogP contribution is -2.61. The molecule has 14 atom stereocenters. The number of primary amides is 1. The number of rotatable bonds is 23. The summed E-state index contributed by atoms with van der Waals surface area (Å²) in [5.41, 5.74) is 14.3. The van der Waals surface area contributed by atoms with E-state index in [9.17, 15) is 78.6 Å². The summed E-state index contributed by atoms with van der Waals surface area (Å²) in [5, 5.41) is 107. The Morgan fingerprint density at radius 3 is 1.45 bits per heavy atom. The lowest BCUT2D eigenvalue weighted by molar-refractivity contribution is -0.143. The number of phenolic OH excluding ortho intramolecular Hbond substituents is 4. The summed E-state index contributed by atoms with van der Waals surface area (Å²) in [5.74, 6) is -15.9. The second kappa shape index (κ2) is 50.0. The number of halogens is 1. The highest BCUT2D eigenvalue weighted by atomic mass is 127. The molecule has 25 N–H and O–H groups in total. The highest BCUT2D eigenvalue weighted by Gasteiger charge is 2.44. The van der Waals surface area contributed by atoms with E-state index in [0.717, 1.165) is 11.8 Å². The van der Waals surface area contributed by atoms with Gasteiger partial charge in [-0.2, -0.15) is 0 Å². The van der Waals surface area contributed by atoms with Gasteiger partial charge in [-0.25, -0.2) is 0 Å². The molecule has 9 rings (SSSR count). The number of hydrogen-bond donors (Lipinski definition) is 23. The van der Waals surface area contributed by atoms with Crippen molar-refractivity contribution in [1.82, 2.24) is 83.9 Å². The SMILES string of the molecule is CC(C)C[C@@H]1NC(=O)[C@H](CCC(=O)O)NC(=O)[C@H](CC(C)C)NC(=O)[C@@H]2CCCN2C(=O)[C@H](CCCNC(=N)N)NC(=O)[C@H](Cc2ccc(O)cc2)NC(=O)[C@@H]2CCCN2C(=O)[C@H](Cc2ccc(O)cc2)NC(=O)[C@H](CC(N)=O)NC(O)[C@@H](Cc2ccc(O)cc2)NC(=O)CSC[C@@H](I)NC(=O)[C@H](Cc2ccc(O)cc2)NC(=O)[C@H](Cc2c[nH]c3ccccc23)NC(=O)CNC1=O. The lowest BCUT2D eigenvalue weighted by atomic mass is 10.00. The van der Waals surface area contributed by atoms with Crippen LogP contribution in [0.15, 0.2) is 128 Å². The maximum absolute atomic E-state index is 15.4. The minimum atomic E-state index is -1.92. The molecule has 712 valence electrons. The third-order valence-electron chi connectivity index (χ3n) is 22.4. The molecule has 42 heteroatoms. The number of aliphatic carboxylic acids is 1. The number of phenols is 4. The Morgan fingerprint density at radius 1 is 0.500 bits per heavy atom. The number of H-pyrrole nitrogens is 1. The fraction of sp³-hybridized carbons (Fsp3) is 0.467. The van der Waals surface area contributed by atoms with Crippen LogP contribution in [0.25, 0.3) is 10.9 Å². The number of thioether (sulfide) groups is 1. The Morgan fingerprint density at radius 2 is 0.932 bits per heavy atom. The van der Waals surface area contributed by atoms with E-state index in [1.54, 1.807) is 58.2 Å². The van der Waals surface area contributed by atoms with Crippen molar-refractivity contribution in [3.05, 3.63) is 155 Å². The van der Waals surface area contributed by atoms with Gasteiger partial charge in [-0.1, -0.05) is 117 Å². The summed E-state index contributed by atoms with van der Waals surface area (Å²) in [6, 6.07) is 11.9. The van der Waals surface area contributed by atoms with Gasteiger partial charge in [0.1, 0.15) is 89.6 Å². The van der Waals surface area contributed by atoms with Crippen LogP contribution in [0.5, 0.6) is 23.0 Å². The van der Waals surface area contributed by atoms with Crippen LogP contribution in [-0.2, 0) is 104 Å². The molecule has 0 radical (unpaired) electrons. The fourth-order valence-electron chi connectivity index (χ4n) is 15.8. The van der Waals surface area contributed by atoms with Gasteiger partial charge in [0.2, 0.25) is 82.7 Å². The van der Waals surface area contributed by atoms with Gasteiger partial charge in [-0.3, -0.25) is 82.6 Å². The third-order valence-corrected chi connectivity index (χ3v) is 24.8. The molecule has 0 saturated carbocycles. The third kappa shape index (κ3) is 32.0. The molecule has 3 fully saturated rings. The monoisotopic (exact) mass is 1960 g/mol. The molecule has 40 nitrogen and oxygen atoms in total. The van der Waals surface area contributed by atoms with Gasteiger partial charge in [-0.05, 0) is 158 Å². The molecule has 3 aliphatic rings. The number of aliphatic hydroxyl groups excluding tert-OH is 1. The van der Waals surface area contributed by atoms with Gasteiger partial charge in [0.25, 0.3) is 0 Å². The van der Waals surface area contributed by atoms with Gasteiger partial charge in [0.15, 0.2) is 5.96 Å². The fourth-order valence-corrected chi connectivity index (χ4v) is 17.5. The van der Waals surface area contributed by atoms with Crippen LogP contribution < -0.4 is 80.6 Å². The van der Waals surface area contributed by atoms with Crippen molar-refractivity contribution in [2.45, 2.75) is 213 Å². The van der Waals surface area contributed by atoms with Gasteiger partial charge in [-0.15, -0.1) is 11.8 Å². The molecule has 4 heterocycles. The highest BCUT2D eigenvalue weighted by molar-refractivity contribution is 14.1. The van der Waals surface area contributed by atoms with Crippen LogP contribution >= 0.6 is 34.4 Å². The summed E-state index contributed by atoms with van der Waals surface area (Å²) in [4.78, 5) is 224. The zero-order valence-corrected chi connectivity index (χ0v) is 76.5. The second-order valence-electron chi connectivity index (χ2n) is 33.9. The topological polar surface area (TPSA) is 632 Å². The number of carboxylic acid groups (broad SMARTS) is 1. The zero-order chi connectivity index (χ0) is 96.0. The molecular weight excluding hydrogens is 1840 g/mol. The van der Waals surface area contributed by atoms with Gasteiger partial charge < -0.3 is 121 Å². The number of guanidine groups is 1. The summed E-state index contributed by atoms with van der Waals surface area (Å²) >= 11 is 2.95. The minimum Gasteiger partial charge on any atom is -0.508 e. The molecule has 3 aliphatic heterocycles. The first-order valence-corrected chi connectivity index (χ1v) is 46.0. The van der Waals surface area contributed by atoms with E-state index in [-0.39, 0.29) is 149 Å². The number of benzene rings is 5. The Hall–Kier alpha value is -12.8. The molecule has 6 aromatic rings. The number of fused-ring (bicyclic) bond motifs is 3. The molecule has 5 aromatic carbocycles. The number of amides is 14. The second-order valence-corrected chi connectivity index (χ2v) is 36.4. The van der Waals surface area contributed by atoms with Crippen molar-refractivity contribution in [2.75, 3.05) is 37.7 Å². The molecule has 1 aromatic heterocycles. The van der Waals surface area contributed by atoms with E-state index in [0.29, 0.717) is 38.7 Å². The van der Waals surface area contributed by atoms with Gasteiger partial charge in [0, 0.05) is 74.6 Å². The summed E-state index contributed by atoms with van der Waals surface area (Å²) in [6.07, 6.45) is -3.31. The van der Waals surface area contributed by atoms with E-state index in [1.807, 2.05) is 22.6 Å². The number of nitrogens with one attached hydrogen (secondary N) is 15. The average Bonchev–Trinajstić information content (AvgIpc) is 1.69. The molecule has 0 bridgehead atoms. The first kappa shape index (κ1) is 103. The van der Waals surface area contributed by atoms with Crippen LogP contribution in [0, 0.1) is 17.2 Å². The largest absolute Gasteiger partial charge is 0.508 e. The quantitative estimate of drug-likeness (QED) is 0.00999. The Kier molecular flexibility index (Phi) is 39.0. The number of nitrogens with two attached hydrogens (primary N) is 2. The molecule has 14 amide bonds. The first-order chi connectivity index (χ1) is 62.8. The van der Waals surface area contributed by atoms with Gasteiger partial charge >= 0.3 is 5.97 Å². The van der Waals surface area contributed by atoms with E-state index in [2.05, 4.69) is 74.1 Å². The molecule has 1 unspecified atom stereocenters. The standard InChI is InChI=1S/C90H118IN19O21S/c1-48(2)36-63-78(120)97-45-75(116)98-68(42-54-44-96-60-11-6-5-10-59(54)60)83(125)103-67(40-52-19-27-57(113)28-20-52)85(127)108-73(91)46-132-47-76(117)99-65(38-50-15-23-55(111)24-16-50)81(123)104-69(43-74(92)115)84(126)107-70(41-53-21-29-58(114)30-22-53)89(131)110-35-9-14-72(110)87(129)106-66(39-51-17-25-56(112)26-18-51)82(124)101-62(12-7-33-95-90(93)94)88(130)109-34-8-13-71(109)86(128)105-64(37-49(3)4)80(122)100-61(79(121)102-63)31-32-77(118)119/h5-6,10-11,15-30,44,48-49,61-73,81,96,104,111-114,123H,7-9,12-14,31-43,45-47H2,1-4H3,(H2,92,115)(H,97,120)(H,98,116)(H,99,117)(H,100,122)(H,101,124)(H,102,121)(H,103,125)(H,105,128)(H,106,129)(H,107,126)(H,108,127)(H,118,119)(H4,93,94,95)/t61-,62-,63-,64-,65+,66-,67-,68-,69-,70-,71-,72-,73-,81?/m0/s1. The number of alkyl halides is 1. The van der Waals surface area contributed by atoms with Crippen LogP contribution in [0.2, 0.25) is 0 Å². The number of aromatic hydroxyl groups is 4. The van der Waals surface area contributed by atoms with Crippen LogP contribution in [0.3, 0.4) is 0 Å². The number of aromatic amines is 1. The predicted octanol–water partition coefficient (Wildman–Crippen LogP) is -0.0386. The maximum atomic E-state index is 15.4. The molecular formula is C90H118IN19O21S.